The molecule has 7 nitrogen and oxygen atoms in total. The number of carbonyl (C=O) groups excluding carboxylic acids is 3. The number of Topliss-reactive ketones (excluding diaryl/α,β-unsaturated/α-hetero) is 1. The third kappa shape index (κ3) is 8.25. The third-order valence-electron chi connectivity index (χ3n) is 7.61. The minimum Gasteiger partial charge on any atom is -0.476 e. The van der Waals surface area contributed by atoms with E-state index in [1.165, 1.54) is 0 Å². The standard InChI is InChI=1S/C36H43NO6/c1-24-20-26(21-25(2)32(24)42-36(6,7)33(39)43-35(3,4)5)18-19-28-22-37(34(40)41-29-16-12-9-13-17-29)23-30(28)31(38)27-14-10-8-11-15-27/h8-17,20-21,28,30H,18-19,22-23H2,1-7H3/t28-,30-/m0/s1. The number of hydrogen-bond acceptors (Lipinski definition) is 6. The average molecular weight is 586 g/mol. The van der Waals surface area contributed by atoms with Crippen molar-refractivity contribution in [2.75, 3.05) is 13.1 Å². The number of ether oxygens (including phenoxy) is 3. The highest BCUT2D eigenvalue weighted by Crippen LogP contribution is 2.34. The molecule has 4 rings (SSSR count). The lowest BCUT2D eigenvalue weighted by Crippen LogP contribution is -2.43. The second kappa shape index (κ2) is 13.0. The van der Waals surface area contributed by atoms with Gasteiger partial charge in [-0.2, -0.15) is 0 Å². The zero-order valence-electron chi connectivity index (χ0n) is 26.3. The van der Waals surface area contributed by atoms with Crippen molar-refractivity contribution in [2.24, 2.45) is 11.8 Å². The van der Waals surface area contributed by atoms with Gasteiger partial charge in [0.25, 0.3) is 0 Å². The fraction of sp³-hybridized carbons (Fsp3) is 0.417. The molecule has 1 aliphatic rings. The first-order valence-electron chi connectivity index (χ1n) is 14.9. The lowest BCUT2D eigenvalue weighted by molar-refractivity contribution is -0.171. The number of esters is 1. The lowest BCUT2D eigenvalue weighted by Gasteiger charge is -2.30. The predicted molar refractivity (Wildman–Crippen MR) is 167 cm³/mol. The van der Waals surface area contributed by atoms with Crippen LogP contribution >= 0.6 is 0 Å². The number of ketones is 1. The summed E-state index contributed by atoms with van der Waals surface area (Å²) in [6, 6.07) is 22.4. The highest BCUT2D eigenvalue weighted by Gasteiger charge is 2.40. The van der Waals surface area contributed by atoms with Crippen LogP contribution in [-0.2, 0) is 16.0 Å². The Balaban J connectivity index is 1.48. The molecule has 1 saturated heterocycles. The molecule has 0 unspecified atom stereocenters. The van der Waals surface area contributed by atoms with Crippen LogP contribution in [0.3, 0.4) is 0 Å². The van der Waals surface area contributed by atoms with Crippen LogP contribution < -0.4 is 9.47 Å². The number of aryl methyl sites for hydroxylation is 3. The first-order chi connectivity index (χ1) is 20.2. The Morgan fingerprint density at radius 3 is 2.00 bits per heavy atom. The Morgan fingerprint density at radius 1 is 0.837 bits per heavy atom. The van der Waals surface area contributed by atoms with Crippen LogP contribution in [0.4, 0.5) is 4.79 Å². The van der Waals surface area contributed by atoms with E-state index in [-0.39, 0.29) is 17.6 Å². The molecule has 7 heteroatoms. The molecule has 0 saturated carbocycles. The summed E-state index contributed by atoms with van der Waals surface area (Å²) < 4.78 is 17.4. The van der Waals surface area contributed by atoms with Gasteiger partial charge in [-0.15, -0.1) is 0 Å². The average Bonchev–Trinajstić information content (AvgIpc) is 3.38. The number of nitrogens with zero attached hydrogens (tertiary/aromatic N) is 1. The van der Waals surface area contributed by atoms with Gasteiger partial charge >= 0.3 is 12.1 Å². The van der Waals surface area contributed by atoms with E-state index in [0.717, 1.165) is 29.5 Å². The Kier molecular flexibility index (Phi) is 9.63. The maximum atomic E-state index is 13.6. The largest absolute Gasteiger partial charge is 0.476 e. The molecule has 1 aliphatic heterocycles. The number of likely N-dealkylation sites (tertiary alicyclic amines) is 1. The summed E-state index contributed by atoms with van der Waals surface area (Å²) in [5, 5.41) is 0. The van der Waals surface area contributed by atoms with E-state index >= 15 is 0 Å². The molecule has 0 aromatic heterocycles. The fourth-order valence-corrected chi connectivity index (χ4v) is 5.48. The van der Waals surface area contributed by atoms with Crippen molar-refractivity contribution >= 4 is 17.8 Å². The molecule has 1 fully saturated rings. The highest BCUT2D eigenvalue weighted by atomic mass is 16.6. The van der Waals surface area contributed by atoms with Crippen molar-refractivity contribution in [3.63, 3.8) is 0 Å². The van der Waals surface area contributed by atoms with Crippen LogP contribution in [0.1, 0.15) is 68.1 Å². The van der Waals surface area contributed by atoms with Gasteiger partial charge in [-0.1, -0.05) is 60.7 Å². The molecule has 1 heterocycles. The molecule has 0 N–H and O–H groups in total. The van der Waals surface area contributed by atoms with Gasteiger partial charge in [0.05, 0.1) is 0 Å². The number of benzene rings is 3. The SMILES string of the molecule is Cc1cc(CC[C@H]2CN(C(=O)Oc3ccccc3)C[C@@H]2C(=O)c2ccccc2)cc(C)c1OC(C)(C)C(=O)OC(C)(C)C. The van der Waals surface area contributed by atoms with E-state index < -0.39 is 23.3 Å². The van der Waals surface area contributed by atoms with Crippen molar-refractivity contribution in [1.82, 2.24) is 4.90 Å². The van der Waals surface area contributed by atoms with Crippen molar-refractivity contribution in [2.45, 2.75) is 72.5 Å². The third-order valence-corrected chi connectivity index (χ3v) is 7.61. The van der Waals surface area contributed by atoms with E-state index in [1.54, 1.807) is 30.9 Å². The monoisotopic (exact) mass is 585 g/mol. The molecule has 228 valence electrons. The van der Waals surface area contributed by atoms with Crippen molar-refractivity contribution < 1.29 is 28.6 Å². The quantitative estimate of drug-likeness (QED) is 0.193. The minimum absolute atomic E-state index is 0.0290. The summed E-state index contributed by atoms with van der Waals surface area (Å²) in [5.41, 5.74) is 1.83. The summed E-state index contributed by atoms with van der Waals surface area (Å²) in [7, 11) is 0. The molecule has 0 spiro atoms. The number of hydrogen-bond donors (Lipinski definition) is 0. The van der Waals surface area contributed by atoms with E-state index in [4.69, 9.17) is 14.2 Å². The zero-order chi connectivity index (χ0) is 31.4. The summed E-state index contributed by atoms with van der Waals surface area (Å²) >= 11 is 0. The van der Waals surface area contributed by atoms with Crippen LogP contribution in [0.25, 0.3) is 0 Å². The Labute approximate surface area is 255 Å². The van der Waals surface area contributed by atoms with Crippen molar-refractivity contribution in [1.29, 1.82) is 0 Å². The Morgan fingerprint density at radius 2 is 1.42 bits per heavy atom. The van der Waals surface area contributed by atoms with E-state index in [9.17, 15) is 14.4 Å². The Hall–Kier alpha value is -4.13. The first kappa shape index (κ1) is 31.8. The van der Waals surface area contributed by atoms with Crippen LogP contribution in [0.2, 0.25) is 0 Å². The van der Waals surface area contributed by atoms with Crippen LogP contribution in [0, 0.1) is 25.7 Å². The van der Waals surface area contributed by atoms with Crippen molar-refractivity contribution in [3.05, 3.63) is 95.1 Å². The summed E-state index contributed by atoms with van der Waals surface area (Å²) in [4.78, 5) is 41.1. The smallest absolute Gasteiger partial charge is 0.415 e. The van der Waals surface area contributed by atoms with Gasteiger partial charge in [-0.3, -0.25) is 4.79 Å². The van der Waals surface area contributed by atoms with Gasteiger partial charge in [-0.05, 0) is 96.0 Å². The number of rotatable bonds is 9. The Bertz CT molecular complexity index is 1420. The second-order valence-electron chi connectivity index (χ2n) is 12.9. The molecule has 1 amide bonds. The van der Waals surface area contributed by atoms with Gasteiger partial charge in [0.1, 0.15) is 17.1 Å². The maximum Gasteiger partial charge on any atom is 0.415 e. The van der Waals surface area contributed by atoms with E-state index in [1.807, 2.05) is 83.1 Å². The van der Waals surface area contributed by atoms with Gasteiger partial charge in [0.2, 0.25) is 0 Å². The normalized spacial score (nSPS) is 17.0. The van der Waals surface area contributed by atoms with E-state index in [2.05, 4.69) is 12.1 Å². The lowest BCUT2D eigenvalue weighted by atomic mass is 9.84. The van der Waals surface area contributed by atoms with E-state index in [0.29, 0.717) is 30.2 Å². The second-order valence-corrected chi connectivity index (χ2v) is 12.9. The zero-order valence-corrected chi connectivity index (χ0v) is 26.3. The van der Waals surface area contributed by atoms with Gasteiger partial charge in [0, 0.05) is 24.6 Å². The van der Waals surface area contributed by atoms with Crippen LogP contribution in [0.15, 0.2) is 72.8 Å². The number of amides is 1. The summed E-state index contributed by atoms with van der Waals surface area (Å²) in [6.07, 6.45) is 1.00. The van der Waals surface area contributed by atoms with Crippen LogP contribution in [0.5, 0.6) is 11.5 Å². The number of carbonyl (C=O) groups is 3. The predicted octanol–water partition coefficient (Wildman–Crippen LogP) is 7.37. The minimum atomic E-state index is -1.16. The van der Waals surface area contributed by atoms with Crippen molar-refractivity contribution in [3.8, 4) is 11.5 Å². The fourth-order valence-electron chi connectivity index (χ4n) is 5.48. The van der Waals surface area contributed by atoms with Gasteiger partial charge in [-0.25, -0.2) is 9.59 Å². The molecular formula is C36H43NO6. The molecule has 0 aliphatic carbocycles. The molecule has 3 aromatic rings. The maximum absolute atomic E-state index is 13.6. The van der Waals surface area contributed by atoms with Gasteiger partial charge in [0.15, 0.2) is 11.4 Å². The molecule has 43 heavy (non-hydrogen) atoms. The molecule has 3 aromatic carbocycles. The molecular weight excluding hydrogens is 542 g/mol. The highest BCUT2D eigenvalue weighted by molar-refractivity contribution is 5.98. The topological polar surface area (TPSA) is 82.1 Å². The number of para-hydroxylation sites is 1. The first-order valence-corrected chi connectivity index (χ1v) is 14.9. The molecule has 2 atom stereocenters. The molecule has 0 radical (unpaired) electrons. The van der Waals surface area contributed by atoms with Gasteiger partial charge < -0.3 is 19.1 Å². The van der Waals surface area contributed by atoms with Crippen LogP contribution in [-0.4, -0.2) is 47.0 Å². The summed E-state index contributed by atoms with van der Waals surface area (Å²) in [5.74, 6) is 0.399. The molecule has 0 bridgehead atoms. The summed E-state index contributed by atoms with van der Waals surface area (Å²) in [6.45, 7) is 13.6.